The number of carbonyl (C=O) groups is 1. The van der Waals surface area contributed by atoms with Crippen LogP contribution in [0.15, 0.2) is 52.3 Å². The maximum absolute atomic E-state index is 11.2. The Bertz CT molecular complexity index is 993. The van der Waals surface area contributed by atoms with E-state index in [2.05, 4.69) is 11.1 Å². The van der Waals surface area contributed by atoms with Crippen LogP contribution in [0.3, 0.4) is 0 Å². The van der Waals surface area contributed by atoms with E-state index in [0.29, 0.717) is 20.7 Å². The summed E-state index contributed by atoms with van der Waals surface area (Å²) in [6.07, 6.45) is 0. The number of carboxylic acids is 1. The Labute approximate surface area is 159 Å². The van der Waals surface area contributed by atoms with Crippen molar-refractivity contribution in [2.24, 2.45) is 0 Å². The number of nitriles is 1. The molecule has 1 aromatic heterocycles. The summed E-state index contributed by atoms with van der Waals surface area (Å²) in [6.45, 7) is 1.70. The van der Waals surface area contributed by atoms with Gasteiger partial charge in [-0.3, -0.25) is 0 Å². The molecular weight excluding hydrogens is 423 g/mol. The zero-order chi connectivity index (χ0) is 18.0. The molecule has 1 heterocycles. The molecule has 0 bridgehead atoms. The van der Waals surface area contributed by atoms with Crippen molar-refractivity contribution in [1.82, 2.24) is 4.98 Å². The first-order chi connectivity index (χ1) is 12.0. The summed E-state index contributed by atoms with van der Waals surface area (Å²) in [5.74, 6) is -0.924. The normalized spacial score (nSPS) is 10.4. The molecule has 0 unspecified atom stereocenters. The summed E-state index contributed by atoms with van der Waals surface area (Å²) in [5.41, 5.74) is 1.88. The van der Waals surface area contributed by atoms with Gasteiger partial charge in [0.05, 0.1) is 0 Å². The summed E-state index contributed by atoms with van der Waals surface area (Å²) in [7, 11) is 0. The van der Waals surface area contributed by atoms with Crippen molar-refractivity contribution in [2.75, 3.05) is 0 Å². The molecule has 7 heteroatoms. The van der Waals surface area contributed by atoms with Gasteiger partial charge in [-0.25, -0.2) is 0 Å². The number of aryl methyl sites for hydroxylation is 1. The van der Waals surface area contributed by atoms with E-state index in [-0.39, 0.29) is 14.5 Å². The average Bonchev–Trinajstić information content (AvgIpc) is 2.99. The van der Waals surface area contributed by atoms with Gasteiger partial charge in [0.2, 0.25) is 0 Å². The summed E-state index contributed by atoms with van der Waals surface area (Å²) in [6, 6.07) is 15.2. The summed E-state index contributed by atoms with van der Waals surface area (Å²) < 4.78 is 1.10. The molecule has 1 N–H and O–H groups in total. The summed E-state index contributed by atoms with van der Waals surface area (Å²) in [5, 5.41) is 19.3. The molecule has 0 spiro atoms. The Morgan fingerprint density at radius 3 is 2.60 bits per heavy atom. The number of hydrogen-bond donors (Lipinski definition) is 1. The molecule has 25 heavy (non-hydrogen) atoms. The number of carboxylic acid groups (broad SMARTS) is 1. The zero-order valence-electron chi connectivity index (χ0n) is 13.0. The van der Waals surface area contributed by atoms with Gasteiger partial charge in [0.1, 0.15) is 0 Å². The summed E-state index contributed by atoms with van der Waals surface area (Å²) >= 11 is 7.02. The molecular formula is C18H11ClN2O2SSe. The SMILES string of the molecule is Cc1nc(-c2ccc(Sc3ccc(Cl)cc3)c(C#N)c2)[se]c1C(=O)O. The number of aromatic nitrogens is 1. The first-order valence-corrected chi connectivity index (χ1v) is 10.1. The van der Waals surface area contributed by atoms with Crippen LogP contribution in [0, 0.1) is 18.3 Å². The molecule has 0 aliphatic heterocycles. The van der Waals surface area contributed by atoms with Crippen LogP contribution >= 0.6 is 23.4 Å². The molecule has 3 rings (SSSR count). The van der Waals surface area contributed by atoms with E-state index in [1.54, 1.807) is 13.0 Å². The van der Waals surface area contributed by atoms with Crippen molar-refractivity contribution in [3.05, 3.63) is 63.2 Å². The third-order valence-electron chi connectivity index (χ3n) is 3.38. The van der Waals surface area contributed by atoms with Gasteiger partial charge in [0.15, 0.2) is 0 Å². The van der Waals surface area contributed by atoms with Crippen molar-refractivity contribution < 1.29 is 9.90 Å². The molecule has 2 aromatic carbocycles. The molecule has 0 radical (unpaired) electrons. The predicted molar refractivity (Wildman–Crippen MR) is 98.6 cm³/mol. The van der Waals surface area contributed by atoms with Crippen molar-refractivity contribution >= 4 is 43.8 Å². The Morgan fingerprint density at radius 1 is 1.28 bits per heavy atom. The van der Waals surface area contributed by atoms with Crippen LogP contribution in [0.25, 0.3) is 10.1 Å². The van der Waals surface area contributed by atoms with E-state index in [9.17, 15) is 15.2 Å². The Balaban J connectivity index is 1.94. The first kappa shape index (κ1) is 17.8. The third kappa shape index (κ3) is 3.97. The van der Waals surface area contributed by atoms with Crippen molar-refractivity contribution in [3.63, 3.8) is 0 Å². The fraction of sp³-hybridized carbons (Fsp3) is 0.0556. The van der Waals surface area contributed by atoms with Crippen molar-refractivity contribution in [1.29, 1.82) is 5.26 Å². The first-order valence-electron chi connectivity index (χ1n) is 7.16. The van der Waals surface area contributed by atoms with Crippen LogP contribution in [0.1, 0.15) is 20.5 Å². The fourth-order valence-electron chi connectivity index (χ4n) is 2.19. The van der Waals surface area contributed by atoms with Crippen LogP contribution < -0.4 is 0 Å². The van der Waals surface area contributed by atoms with Crippen molar-refractivity contribution in [3.8, 4) is 16.2 Å². The Hall–Kier alpha value is -2.03. The Kier molecular flexibility index (Phi) is 5.31. The van der Waals surface area contributed by atoms with Gasteiger partial charge in [0.25, 0.3) is 0 Å². The second kappa shape index (κ2) is 7.47. The second-order valence-corrected chi connectivity index (χ2v) is 8.77. The molecule has 124 valence electrons. The van der Waals surface area contributed by atoms with E-state index >= 15 is 0 Å². The quantitative estimate of drug-likeness (QED) is 0.614. The number of benzene rings is 2. The second-order valence-electron chi connectivity index (χ2n) is 5.12. The van der Waals surface area contributed by atoms with Gasteiger partial charge in [0, 0.05) is 0 Å². The van der Waals surface area contributed by atoms with Gasteiger partial charge in [-0.2, -0.15) is 0 Å². The van der Waals surface area contributed by atoms with Gasteiger partial charge in [-0.15, -0.1) is 0 Å². The minimum absolute atomic E-state index is 0.354. The van der Waals surface area contributed by atoms with Crippen LogP contribution in [0.4, 0.5) is 0 Å². The topological polar surface area (TPSA) is 74.0 Å². The molecule has 0 aliphatic carbocycles. The van der Waals surface area contributed by atoms with Gasteiger partial charge in [-0.1, -0.05) is 0 Å². The number of halogens is 1. The number of hydrogen-bond acceptors (Lipinski definition) is 4. The van der Waals surface area contributed by atoms with E-state index in [4.69, 9.17) is 11.6 Å². The molecule has 0 saturated carbocycles. The standard InChI is InChI=1S/C18H11ClN2O2SSe/c1-10-16(18(22)23)25-17(21-10)11-2-7-15(12(8-11)9-20)24-14-5-3-13(19)4-6-14/h2-8H,1H3,(H,22,23). The molecule has 0 fully saturated rings. The molecule has 0 saturated heterocycles. The zero-order valence-corrected chi connectivity index (χ0v) is 16.3. The number of aromatic carboxylic acids is 1. The Morgan fingerprint density at radius 2 is 2.00 bits per heavy atom. The summed E-state index contributed by atoms with van der Waals surface area (Å²) in [4.78, 5) is 17.4. The molecule has 3 aromatic rings. The third-order valence-corrected chi connectivity index (χ3v) is 7.22. The monoisotopic (exact) mass is 434 g/mol. The van der Waals surface area contributed by atoms with E-state index in [1.807, 2.05) is 36.4 Å². The van der Waals surface area contributed by atoms with Crippen LogP contribution in [0.5, 0.6) is 0 Å². The predicted octanol–water partition coefficient (Wildman–Crippen LogP) is 4.49. The van der Waals surface area contributed by atoms with Gasteiger partial charge < -0.3 is 0 Å². The van der Waals surface area contributed by atoms with E-state index in [0.717, 1.165) is 19.9 Å². The van der Waals surface area contributed by atoms with Crippen molar-refractivity contribution in [2.45, 2.75) is 16.7 Å². The fourth-order valence-corrected chi connectivity index (χ4v) is 5.08. The molecule has 0 amide bonds. The van der Waals surface area contributed by atoms with Crippen LogP contribution in [-0.4, -0.2) is 30.6 Å². The van der Waals surface area contributed by atoms with Gasteiger partial charge in [-0.05, 0) is 0 Å². The van der Waals surface area contributed by atoms with E-state index < -0.39 is 5.97 Å². The van der Waals surface area contributed by atoms with E-state index in [1.165, 1.54) is 11.8 Å². The number of rotatable bonds is 4. The number of nitrogens with zero attached hydrogens (tertiary/aromatic N) is 2. The average molecular weight is 434 g/mol. The molecule has 0 aliphatic rings. The molecule has 4 nitrogen and oxygen atoms in total. The van der Waals surface area contributed by atoms with Crippen LogP contribution in [-0.2, 0) is 0 Å². The molecule has 0 atom stereocenters. The minimum atomic E-state index is -0.924. The maximum atomic E-state index is 11.2. The van der Waals surface area contributed by atoms with Gasteiger partial charge >= 0.3 is 160 Å². The van der Waals surface area contributed by atoms with Crippen LogP contribution in [0.2, 0.25) is 5.02 Å².